The topological polar surface area (TPSA) is 79.6 Å². The summed E-state index contributed by atoms with van der Waals surface area (Å²) in [5.74, 6) is 0.521. The summed E-state index contributed by atoms with van der Waals surface area (Å²) >= 11 is 0. The Kier molecular flexibility index (Phi) is 8.29. The number of hydrogen-bond donors (Lipinski definition) is 1. The highest BCUT2D eigenvalue weighted by atomic mass is 16.2. The van der Waals surface area contributed by atoms with Crippen molar-refractivity contribution >= 4 is 11.7 Å². The van der Waals surface area contributed by atoms with E-state index in [2.05, 4.69) is 24.1 Å². The average Bonchev–Trinajstić information content (AvgIpc) is 2.69. The summed E-state index contributed by atoms with van der Waals surface area (Å²) in [5.41, 5.74) is -0.669. The van der Waals surface area contributed by atoms with Crippen molar-refractivity contribution in [2.75, 3.05) is 44.2 Å². The monoisotopic (exact) mass is 393 g/mol. The van der Waals surface area contributed by atoms with Crippen LogP contribution in [-0.4, -0.2) is 59.2 Å². The summed E-state index contributed by atoms with van der Waals surface area (Å²) in [6.45, 7) is 9.23. The highest BCUT2D eigenvalue weighted by Gasteiger charge is 2.27. The molecule has 0 saturated carbocycles. The van der Waals surface area contributed by atoms with Crippen LogP contribution in [0.25, 0.3) is 0 Å². The molecule has 28 heavy (non-hydrogen) atoms. The van der Waals surface area contributed by atoms with Gasteiger partial charge in [0.05, 0.1) is 5.92 Å². The largest absolute Gasteiger partial charge is 0.357 e. The van der Waals surface area contributed by atoms with E-state index in [0.29, 0.717) is 18.9 Å². The van der Waals surface area contributed by atoms with E-state index in [4.69, 9.17) is 0 Å². The molecule has 1 N–H and O–H groups in total. The Bertz CT molecular complexity index is 764. The van der Waals surface area contributed by atoms with Gasteiger partial charge in [-0.05, 0) is 38.8 Å². The van der Waals surface area contributed by atoms with E-state index in [9.17, 15) is 14.4 Å². The Morgan fingerprint density at radius 3 is 2.46 bits per heavy atom. The number of rotatable bonds is 9. The van der Waals surface area contributed by atoms with Crippen molar-refractivity contribution < 1.29 is 4.79 Å². The second kappa shape index (κ2) is 10.5. The average molecular weight is 394 g/mol. The first-order valence-corrected chi connectivity index (χ1v) is 10.4. The number of hydrogen-bond acceptors (Lipinski definition) is 5. The molecule has 1 amide bonds. The third-order valence-electron chi connectivity index (χ3n) is 5.42. The zero-order chi connectivity index (χ0) is 20.7. The lowest BCUT2D eigenvalue weighted by molar-refractivity contribution is -0.125. The van der Waals surface area contributed by atoms with Gasteiger partial charge in [-0.25, -0.2) is 4.79 Å². The molecule has 0 bridgehead atoms. The van der Waals surface area contributed by atoms with Gasteiger partial charge < -0.3 is 15.1 Å². The van der Waals surface area contributed by atoms with Gasteiger partial charge >= 0.3 is 5.69 Å². The molecule has 0 aliphatic carbocycles. The zero-order valence-electron chi connectivity index (χ0n) is 17.7. The first kappa shape index (κ1) is 22.2. The number of nitrogens with zero attached hydrogens (tertiary/aromatic N) is 4. The molecule has 1 aromatic heterocycles. The molecule has 2 rings (SSSR count). The quantitative estimate of drug-likeness (QED) is 0.662. The van der Waals surface area contributed by atoms with Gasteiger partial charge in [0.15, 0.2) is 0 Å². The maximum atomic E-state index is 12.7. The smallest absolute Gasteiger partial charge is 0.332 e. The fraction of sp³-hybridized carbons (Fsp3) is 0.750. The molecule has 1 saturated heterocycles. The van der Waals surface area contributed by atoms with Crippen molar-refractivity contribution in [3.05, 3.63) is 26.9 Å². The van der Waals surface area contributed by atoms with E-state index in [1.165, 1.54) is 17.7 Å². The van der Waals surface area contributed by atoms with Crippen molar-refractivity contribution in [2.24, 2.45) is 20.0 Å². The van der Waals surface area contributed by atoms with Crippen LogP contribution >= 0.6 is 0 Å². The molecule has 0 radical (unpaired) electrons. The van der Waals surface area contributed by atoms with E-state index >= 15 is 0 Å². The summed E-state index contributed by atoms with van der Waals surface area (Å²) in [6.07, 6.45) is 3.91. The van der Waals surface area contributed by atoms with Crippen molar-refractivity contribution in [1.82, 2.24) is 19.4 Å². The van der Waals surface area contributed by atoms with E-state index in [1.54, 1.807) is 7.05 Å². The van der Waals surface area contributed by atoms with Gasteiger partial charge in [0.1, 0.15) is 5.82 Å². The minimum absolute atomic E-state index is 0.0616. The molecular weight excluding hydrogens is 358 g/mol. The molecule has 8 heteroatoms. The maximum absolute atomic E-state index is 12.7. The van der Waals surface area contributed by atoms with Gasteiger partial charge in [0.25, 0.3) is 5.56 Å². The molecule has 158 valence electrons. The van der Waals surface area contributed by atoms with Crippen molar-refractivity contribution in [1.29, 1.82) is 0 Å². The van der Waals surface area contributed by atoms with Crippen LogP contribution in [0.5, 0.6) is 0 Å². The molecular formula is C20H35N5O3. The summed E-state index contributed by atoms with van der Waals surface area (Å²) in [4.78, 5) is 41.2. The van der Waals surface area contributed by atoms with Crippen molar-refractivity contribution in [2.45, 2.75) is 39.5 Å². The van der Waals surface area contributed by atoms with E-state index in [-0.39, 0.29) is 23.1 Å². The highest BCUT2D eigenvalue weighted by Crippen LogP contribution is 2.21. The fourth-order valence-electron chi connectivity index (χ4n) is 3.87. The Balaban J connectivity index is 1.97. The third kappa shape index (κ3) is 5.47. The lowest BCUT2D eigenvalue weighted by Gasteiger charge is -2.34. The standard InChI is InChI=1S/C20H35N5O3/c1-5-10-24(11-6-2)13-9-21-19(27)16-8-7-12-25(15-16)17-14-18(26)23(4)20(28)22(17)3/h14,16H,5-13,15H2,1-4H3,(H,21,27). The predicted molar refractivity (Wildman–Crippen MR) is 112 cm³/mol. The number of carbonyl (C=O) groups excluding carboxylic acids is 1. The molecule has 1 atom stereocenters. The molecule has 8 nitrogen and oxygen atoms in total. The first-order chi connectivity index (χ1) is 13.4. The molecule has 2 heterocycles. The molecule has 1 aromatic rings. The minimum atomic E-state index is -0.346. The fourth-order valence-corrected chi connectivity index (χ4v) is 3.87. The zero-order valence-corrected chi connectivity index (χ0v) is 17.7. The number of amides is 1. The summed E-state index contributed by atoms with van der Waals surface area (Å²) in [7, 11) is 3.14. The van der Waals surface area contributed by atoms with Gasteiger partial charge in [-0.15, -0.1) is 0 Å². The van der Waals surface area contributed by atoms with Gasteiger partial charge in [-0.2, -0.15) is 0 Å². The number of nitrogens with one attached hydrogen (secondary N) is 1. The van der Waals surface area contributed by atoms with Crippen LogP contribution in [0.4, 0.5) is 5.82 Å². The molecule has 1 aliphatic heterocycles. The molecule has 1 unspecified atom stereocenters. The van der Waals surface area contributed by atoms with Crippen LogP contribution in [0.2, 0.25) is 0 Å². The third-order valence-corrected chi connectivity index (χ3v) is 5.42. The molecule has 0 aromatic carbocycles. The van der Waals surface area contributed by atoms with Crippen LogP contribution in [-0.2, 0) is 18.9 Å². The number of anilines is 1. The van der Waals surface area contributed by atoms with Gasteiger partial charge in [-0.3, -0.25) is 18.7 Å². The number of aromatic nitrogens is 2. The second-order valence-corrected chi connectivity index (χ2v) is 7.66. The Morgan fingerprint density at radius 2 is 1.82 bits per heavy atom. The van der Waals surface area contributed by atoms with E-state index < -0.39 is 0 Å². The maximum Gasteiger partial charge on any atom is 0.332 e. The molecule has 0 spiro atoms. The van der Waals surface area contributed by atoms with Gasteiger partial charge in [0.2, 0.25) is 5.91 Å². The second-order valence-electron chi connectivity index (χ2n) is 7.66. The van der Waals surface area contributed by atoms with Crippen molar-refractivity contribution in [3.8, 4) is 0 Å². The van der Waals surface area contributed by atoms with Gasteiger partial charge in [0, 0.05) is 46.3 Å². The lowest BCUT2D eigenvalue weighted by Crippen LogP contribution is -2.47. The van der Waals surface area contributed by atoms with Crippen LogP contribution in [0.1, 0.15) is 39.5 Å². The van der Waals surface area contributed by atoms with E-state index in [1.807, 2.05) is 4.90 Å². The Hall–Kier alpha value is -2.09. The predicted octanol–water partition coefficient (Wildman–Crippen LogP) is 0.539. The minimum Gasteiger partial charge on any atom is -0.357 e. The summed E-state index contributed by atoms with van der Waals surface area (Å²) < 4.78 is 2.57. The summed E-state index contributed by atoms with van der Waals surface area (Å²) in [6, 6.07) is 1.48. The number of carbonyl (C=O) groups is 1. The van der Waals surface area contributed by atoms with Crippen LogP contribution in [0.15, 0.2) is 15.7 Å². The SMILES string of the molecule is CCCN(CCC)CCNC(=O)C1CCCN(c2cc(=O)n(C)c(=O)n2C)C1. The van der Waals surface area contributed by atoms with E-state index in [0.717, 1.165) is 56.4 Å². The normalized spacial score (nSPS) is 17.2. The first-order valence-electron chi connectivity index (χ1n) is 10.4. The summed E-state index contributed by atoms with van der Waals surface area (Å²) in [5, 5.41) is 3.08. The van der Waals surface area contributed by atoms with Crippen LogP contribution < -0.4 is 21.5 Å². The molecule has 1 fully saturated rings. The Labute approximate surface area is 167 Å². The lowest BCUT2D eigenvalue weighted by atomic mass is 9.97. The van der Waals surface area contributed by atoms with Crippen LogP contribution in [0, 0.1) is 5.92 Å². The molecule has 1 aliphatic rings. The van der Waals surface area contributed by atoms with Crippen LogP contribution in [0.3, 0.4) is 0 Å². The van der Waals surface area contributed by atoms with Crippen molar-refractivity contribution in [3.63, 3.8) is 0 Å². The number of piperidine rings is 1. The highest BCUT2D eigenvalue weighted by molar-refractivity contribution is 5.79. The van der Waals surface area contributed by atoms with Gasteiger partial charge in [-0.1, -0.05) is 13.8 Å². The Morgan fingerprint density at radius 1 is 1.14 bits per heavy atom.